The number of phenolic OH excluding ortho intramolecular Hbond substituents is 1. The quantitative estimate of drug-likeness (QED) is 0.687. The molecular formula is C10H13NO4. The van der Waals surface area contributed by atoms with Crippen molar-refractivity contribution >= 4 is 5.97 Å². The van der Waals surface area contributed by atoms with E-state index in [1.54, 1.807) is 12.1 Å². The van der Waals surface area contributed by atoms with Gasteiger partial charge in [-0.25, -0.2) is 0 Å². The second kappa shape index (κ2) is 4.65. The Morgan fingerprint density at radius 3 is 2.80 bits per heavy atom. The minimum Gasteiger partial charge on any atom is -0.504 e. The summed E-state index contributed by atoms with van der Waals surface area (Å²) in [6.07, 6.45) is -0.209. The number of aliphatic carboxylic acids is 1. The van der Waals surface area contributed by atoms with E-state index < -0.39 is 12.0 Å². The van der Waals surface area contributed by atoms with Gasteiger partial charge in [-0.1, -0.05) is 12.1 Å². The van der Waals surface area contributed by atoms with Crippen molar-refractivity contribution in [3.05, 3.63) is 23.8 Å². The van der Waals surface area contributed by atoms with Crippen LogP contribution >= 0.6 is 0 Å². The summed E-state index contributed by atoms with van der Waals surface area (Å²) in [5.41, 5.74) is 6.16. The molecule has 0 spiro atoms. The summed E-state index contributed by atoms with van der Waals surface area (Å²) in [7, 11) is 1.39. The first kappa shape index (κ1) is 11.3. The highest BCUT2D eigenvalue weighted by atomic mass is 16.5. The van der Waals surface area contributed by atoms with Crippen LogP contribution < -0.4 is 10.5 Å². The highest BCUT2D eigenvalue weighted by Gasteiger charge is 2.17. The van der Waals surface area contributed by atoms with Gasteiger partial charge in [-0.2, -0.15) is 0 Å². The second-order valence-corrected chi connectivity index (χ2v) is 3.10. The Balaban J connectivity index is 3.02. The molecule has 15 heavy (non-hydrogen) atoms. The largest absolute Gasteiger partial charge is 0.504 e. The molecule has 0 heterocycles. The first-order valence-electron chi connectivity index (χ1n) is 4.39. The molecule has 1 unspecified atom stereocenters. The zero-order chi connectivity index (χ0) is 11.4. The minimum absolute atomic E-state index is 0.0455. The maximum atomic E-state index is 10.5. The third kappa shape index (κ3) is 2.60. The number of aromatic hydroxyl groups is 1. The molecule has 0 saturated heterocycles. The van der Waals surface area contributed by atoms with E-state index >= 15 is 0 Å². The number of rotatable bonds is 4. The molecule has 0 aromatic heterocycles. The molecule has 0 radical (unpaired) electrons. The summed E-state index contributed by atoms with van der Waals surface area (Å²) in [5.74, 6) is -0.810. The smallest absolute Gasteiger partial charge is 0.305 e. The normalized spacial score (nSPS) is 12.1. The number of carbonyl (C=O) groups is 1. The van der Waals surface area contributed by atoms with Crippen molar-refractivity contribution in [3.8, 4) is 11.5 Å². The van der Waals surface area contributed by atoms with Gasteiger partial charge in [-0.15, -0.1) is 0 Å². The van der Waals surface area contributed by atoms with Gasteiger partial charge in [0, 0.05) is 11.6 Å². The van der Waals surface area contributed by atoms with E-state index in [4.69, 9.17) is 15.6 Å². The van der Waals surface area contributed by atoms with Crippen LogP contribution in [0.25, 0.3) is 0 Å². The summed E-state index contributed by atoms with van der Waals surface area (Å²) < 4.78 is 4.96. The van der Waals surface area contributed by atoms with Crippen LogP contribution in [0, 0.1) is 0 Å². The lowest BCUT2D eigenvalue weighted by Gasteiger charge is -2.14. The van der Waals surface area contributed by atoms with Crippen LogP contribution in [0.15, 0.2) is 18.2 Å². The second-order valence-electron chi connectivity index (χ2n) is 3.10. The number of benzene rings is 1. The Labute approximate surface area is 87.1 Å². The molecule has 1 aromatic carbocycles. The molecule has 5 nitrogen and oxygen atoms in total. The van der Waals surface area contributed by atoms with E-state index in [2.05, 4.69) is 0 Å². The van der Waals surface area contributed by atoms with Crippen molar-refractivity contribution in [2.45, 2.75) is 12.5 Å². The summed E-state index contributed by atoms with van der Waals surface area (Å²) in [6, 6.07) is 3.99. The third-order valence-corrected chi connectivity index (χ3v) is 2.02. The lowest BCUT2D eigenvalue weighted by molar-refractivity contribution is -0.137. The van der Waals surface area contributed by atoms with E-state index in [0.717, 1.165) is 0 Å². The van der Waals surface area contributed by atoms with Crippen molar-refractivity contribution in [1.29, 1.82) is 0 Å². The fourth-order valence-electron chi connectivity index (χ4n) is 1.35. The number of phenols is 1. The monoisotopic (exact) mass is 211 g/mol. The van der Waals surface area contributed by atoms with Crippen LogP contribution in [0.4, 0.5) is 0 Å². The predicted molar refractivity (Wildman–Crippen MR) is 53.8 cm³/mol. The highest BCUT2D eigenvalue weighted by molar-refractivity contribution is 5.68. The zero-order valence-electron chi connectivity index (χ0n) is 8.30. The van der Waals surface area contributed by atoms with Gasteiger partial charge in [0.15, 0.2) is 11.5 Å². The summed E-state index contributed by atoms with van der Waals surface area (Å²) in [5, 5.41) is 18.0. The van der Waals surface area contributed by atoms with Gasteiger partial charge >= 0.3 is 5.97 Å². The van der Waals surface area contributed by atoms with Crippen LogP contribution in [0.2, 0.25) is 0 Å². The van der Waals surface area contributed by atoms with Crippen molar-refractivity contribution < 1.29 is 19.7 Å². The maximum absolute atomic E-state index is 10.5. The van der Waals surface area contributed by atoms with E-state index in [1.165, 1.54) is 13.2 Å². The summed E-state index contributed by atoms with van der Waals surface area (Å²) in [4.78, 5) is 10.5. The van der Waals surface area contributed by atoms with E-state index in [9.17, 15) is 9.90 Å². The topological polar surface area (TPSA) is 92.8 Å². The summed E-state index contributed by atoms with van der Waals surface area (Å²) in [6.45, 7) is 0. The number of para-hydroxylation sites is 1. The molecule has 0 aliphatic heterocycles. The SMILES string of the molecule is COc1c(O)cccc1C(N)CC(=O)O. The molecule has 82 valence electrons. The maximum Gasteiger partial charge on any atom is 0.305 e. The first-order chi connectivity index (χ1) is 7.06. The molecule has 5 heteroatoms. The number of hydrogen-bond acceptors (Lipinski definition) is 4. The number of hydrogen-bond donors (Lipinski definition) is 3. The standard InChI is InChI=1S/C10H13NO4/c1-15-10-6(3-2-4-8(10)12)7(11)5-9(13)14/h2-4,7,12H,5,11H2,1H3,(H,13,14). The number of carboxylic acids is 1. The summed E-state index contributed by atoms with van der Waals surface area (Å²) >= 11 is 0. The van der Waals surface area contributed by atoms with Gasteiger partial charge in [0.25, 0.3) is 0 Å². The van der Waals surface area contributed by atoms with Crippen molar-refractivity contribution in [1.82, 2.24) is 0 Å². The van der Waals surface area contributed by atoms with Crippen molar-refractivity contribution in [3.63, 3.8) is 0 Å². The highest BCUT2D eigenvalue weighted by Crippen LogP contribution is 2.33. The lowest BCUT2D eigenvalue weighted by Crippen LogP contribution is -2.15. The molecule has 1 atom stereocenters. The lowest BCUT2D eigenvalue weighted by atomic mass is 10.0. The van der Waals surface area contributed by atoms with Gasteiger partial charge in [-0.3, -0.25) is 4.79 Å². The van der Waals surface area contributed by atoms with Crippen LogP contribution in [0.5, 0.6) is 11.5 Å². The molecule has 0 aliphatic carbocycles. The van der Waals surface area contributed by atoms with Crippen LogP contribution in [0.3, 0.4) is 0 Å². The fourth-order valence-corrected chi connectivity index (χ4v) is 1.35. The Kier molecular flexibility index (Phi) is 3.51. The Morgan fingerprint density at radius 1 is 1.60 bits per heavy atom. The third-order valence-electron chi connectivity index (χ3n) is 2.02. The van der Waals surface area contributed by atoms with Gasteiger partial charge < -0.3 is 20.7 Å². The number of carboxylic acid groups (broad SMARTS) is 1. The fraction of sp³-hybridized carbons (Fsp3) is 0.300. The number of ether oxygens (including phenoxy) is 1. The molecule has 1 rings (SSSR count). The van der Waals surface area contributed by atoms with Gasteiger partial charge in [0.2, 0.25) is 0 Å². The van der Waals surface area contributed by atoms with Crippen LogP contribution in [-0.2, 0) is 4.79 Å². The molecule has 0 saturated carbocycles. The first-order valence-corrected chi connectivity index (χ1v) is 4.39. The Morgan fingerprint density at radius 2 is 2.27 bits per heavy atom. The predicted octanol–water partition coefficient (Wildman–Crippen LogP) is 0.875. The molecule has 0 bridgehead atoms. The average Bonchev–Trinajstić information content (AvgIpc) is 2.16. The molecule has 0 fully saturated rings. The van der Waals surface area contributed by atoms with Crippen molar-refractivity contribution in [2.24, 2.45) is 5.73 Å². The molecule has 0 aliphatic rings. The Hall–Kier alpha value is -1.75. The molecular weight excluding hydrogens is 198 g/mol. The van der Waals surface area contributed by atoms with E-state index in [1.807, 2.05) is 0 Å². The van der Waals surface area contributed by atoms with Gasteiger partial charge in [0.1, 0.15) is 0 Å². The van der Waals surface area contributed by atoms with Gasteiger partial charge in [-0.05, 0) is 6.07 Å². The van der Waals surface area contributed by atoms with Gasteiger partial charge in [0.05, 0.1) is 13.5 Å². The van der Waals surface area contributed by atoms with Crippen LogP contribution in [-0.4, -0.2) is 23.3 Å². The van der Waals surface area contributed by atoms with E-state index in [-0.39, 0.29) is 17.9 Å². The van der Waals surface area contributed by atoms with E-state index in [0.29, 0.717) is 5.56 Å². The molecule has 4 N–H and O–H groups in total. The number of methoxy groups -OCH3 is 1. The zero-order valence-corrected chi connectivity index (χ0v) is 8.30. The van der Waals surface area contributed by atoms with Crippen molar-refractivity contribution in [2.75, 3.05) is 7.11 Å². The molecule has 1 aromatic rings. The Bertz CT molecular complexity index is 364. The molecule has 0 amide bonds. The van der Waals surface area contributed by atoms with Crippen LogP contribution in [0.1, 0.15) is 18.0 Å². The number of nitrogens with two attached hydrogens (primary N) is 1. The average molecular weight is 211 g/mol. The minimum atomic E-state index is -0.993.